The van der Waals surface area contributed by atoms with Crippen LogP contribution in [-0.4, -0.2) is 22.8 Å². The van der Waals surface area contributed by atoms with Gasteiger partial charge < -0.3 is 5.32 Å². The number of benzene rings is 3. The van der Waals surface area contributed by atoms with E-state index in [-0.39, 0.29) is 22.1 Å². The van der Waals surface area contributed by atoms with Gasteiger partial charge in [-0.15, -0.1) is 0 Å². The molecule has 4 N–H and O–H groups in total. The van der Waals surface area contributed by atoms with Crippen LogP contribution in [0, 0.1) is 5.82 Å². The lowest BCUT2D eigenvalue weighted by molar-refractivity contribution is 0.0933. The maximum Gasteiger partial charge on any atom is 0.269 e. The Morgan fingerprint density at radius 3 is 1.97 bits per heavy atom. The highest BCUT2D eigenvalue weighted by molar-refractivity contribution is 7.80. The summed E-state index contributed by atoms with van der Waals surface area (Å²) in [5, 5.41) is 4.80. The van der Waals surface area contributed by atoms with Crippen molar-refractivity contribution in [2.75, 3.05) is 5.32 Å². The first kappa shape index (κ1) is 21.6. The van der Waals surface area contributed by atoms with Crippen molar-refractivity contribution in [3.05, 3.63) is 101 Å². The first-order chi connectivity index (χ1) is 14.9. The molecule has 0 bridgehead atoms. The number of thiocarbonyl (C=S) groups is 1. The lowest BCUT2D eigenvalue weighted by Gasteiger charge is -2.11. The minimum absolute atomic E-state index is 0.175. The van der Waals surface area contributed by atoms with Crippen LogP contribution in [0.1, 0.15) is 31.1 Å². The van der Waals surface area contributed by atoms with Crippen molar-refractivity contribution in [3.8, 4) is 0 Å². The minimum Gasteiger partial charge on any atom is -0.322 e. The number of carbonyl (C=O) groups is 3. The van der Waals surface area contributed by atoms with Crippen molar-refractivity contribution in [2.45, 2.75) is 0 Å². The summed E-state index contributed by atoms with van der Waals surface area (Å²) in [5.41, 5.74) is 5.85. The van der Waals surface area contributed by atoms with E-state index in [0.29, 0.717) is 11.3 Å². The fourth-order valence-corrected chi connectivity index (χ4v) is 2.67. The molecule has 0 saturated carbocycles. The number of amides is 3. The zero-order chi connectivity index (χ0) is 22.2. The number of rotatable bonds is 4. The number of hydrazine groups is 1. The third-order valence-corrected chi connectivity index (χ3v) is 4.28. The summed E-state index contributed by atoms with van der Waals surface area (Å²) in [6.07, 6.45) is 0. The molecule has 3 aromatic carbocycles. The van der Waals surface area contributed by atoms with Crippen LogP contribution < -0.4 is 21.5 Å². The molecular formula is C22H17FN4O3S. The Balaban J connectivity index is 1.50. The standard InChI is InChI=1S/C22H17FN4O3S/c23-18-9-5-4-8-17(18)21(30)25-22(31)27-26-20(29)15-10-12-16(13-11-15)24-19(28)14-6-2-1-3-7-14/h1-13H,(H,24,28)(H,26,29)(H2,25,27,30,31). The SMILES string of the molecule is O=C(NNC(=S)NC(=O)c1ccccc1F)c1ccc(NC(=O)c2ccccc2)cc1. The smallest absolute Gasteiger partial charge is 0.269 e. The third kappa shape index (κ3) is 5.94. The summed E-state index contributed by atoms with van der Waals surface area (Å²) in [7, 11) is 0. The van der Waals surface area contributed by atoms with E-state index in [0.717, 1.165) is 6.07 Å². The summed E-state index contributed by atoms with van der Waals surface area (Å²) >= 11 is 4.93. The van der Waals surface area contributed by atoms with E-state index < -0.39 is 17.6 Å². The number of halogens is 1. The highest BCUT2D eigenvalue weighted by atomic mass is 32.1. The molecular weight excluding hydrogens is 419 g/mol. The summed E-state index contributed by atoms with van der Waals surface area (Å²) < 4.78 is 13.6. The van der Waals surface area contributed by atoms with Gasteiger partial charge in [0.1, 0.15) is 5.82 Å². The molecule has 0 saturated heterocycles. The third-order valence-electron chi connectivity index (χ3n) is 4.08. The molecule has 0 aromatic heterocycles. The molecule has 0 atom stereocenters. The second-order valence-corrected chi connectivity index (χ2v) is 6.65. The molecule has 31 heavy (non-hydrogen) atoms. The molecule has 0 spiro atoms. The number of carbonyl (C=O) groups excluding carboxylic acids is 3. The van der Waals surface area contributed by atoms with Gasteiger partial charge in [-0.25, -0.2) is 4.39 Å². The maximum atomic E-state index is 13.6. The average Bonchev–Trinajstić information content (AvgIpc) is 2.78. The van der Waals surface area contributed by atoms with E-state index in [2.05, 4.69) is 21.5 Å². The molecule has 0 aliphatic heterocycles. The molecule has 0 fully saturated rings. The van der Waals surface area contributed by atoms with Gasteiger partial charge in [-0.3, -0.25) is 30.6 Å². The van der Waals surface area contributed by atoms with Crippen molar-refractivity contribution >= 4 is 40.7 Å². The van der Waals surface area contributed by atoms with Crippen molar-refractivity contribution in [2.24, 2.45) is 0 Å². The van der Waals surface area contributed by atoms with E-state index in [9.17, 15) is 18.8 Å². The molecule has 9 heteroatoms. The Morgan fingerprint density at radius 1 is 0.677 bits per heavy atom. The van der Waals surface area contributed by atoms with Crippen LogP contribution in [0.3, 0.4) is 0 Å². The fourth-order valence-electron chi connectivity index (χ4n) is 2.53. The quantitative estimate of drug-likeness (QED) is 0.372. The summed E-state index contributed by atoms with van der Waals surface area (Å²) in [6, 6.07) is 20.3. The van der Waals surface area contributed by atoms with Gasteiger partial charge in [0, 0.05) is 16.8 Å². The average molecular weight is 436 g/mol. The fraction of sp³-hybridized carbons (Fsp3) is 0. The van der Waals surface area contributed by atoms with Crippen molar-refractivity contribution in [1.82, 2.24) is 16.2 Å². The lowest BCUT2D eigenvalue weighted by atomic mass is 10.1. The van der Waals surface area contributed by atoms with Crippen LogP contribution in [0.15, 0.2) is 78.9 Å². The molecule has 7 nitrogen and oxygen atoms in total. The predicted octanol–water partition coefficient (Wildman–Crippen LogP) is 3.03. The molecule has 0 heterocycles. The Labute approximate surface area is 182 Å². The number of nitrogens with one attached hydrogen (secondary N) is 4. The second kappa shape index (κ2) is 10.1. The molecule has 0 aliphatic rings. The largest absolute Gasteiger partial charge is 0.322 e. The lowest BCUT2D eigenvalue weighted by Crippen LogP contribution is -2.48. The number of hydrogen-bond acceptors (Lipinski definition) is 4. The van der Waals surface area contributed by atoms with Crippen LogP contribution in [0.4, 0.5) is 10.1 Å². The van der Waals surface area contributed by atoms with Crippen LogP contribution in [0.5, 0.6) is 0 Å². The monoisotopic (exact) mass is 436 g/mol. The van der Waals surface area contributed by atoms with Gasteiger partial charge in [0.15, 0.2) is 5.11 Å². The molecule has 0 radical (unpaired) electrons. The zero-order valence-corrected chi connectivity index (χ0v) is 16.8. The van der Waals surface area contributed by atoms with Gasteiger partial charge in [0.25, 0.3) is 17.7 Å². The van der Waals surface area contributed by atoms with Crippen LogP contribution in [-0.2, 0) is 0 Å². The molecule has 156 valence electrons. The summed E-state index contributed by atoms with van der Waals surface area (Å²) in [4.78, 5) is 36.4. The van der Waals surface area contributed by atoms with Gasteiger partial charge in [0.2, 0.25) is 0 Å². The van der Waals surface area contributed by atoms with Gasteiger partial charge in [-0.05, 0) is 60.7 Å². The predicted molar refractivity (Wildman–Crippen MR) is 118 cm³/mol. The van der Waals surface area contributed by atoms with Crippen molar-refractivity contribution < 1.29 is 18.8 Å². The summed E-state index contributed by atoms with van der Waals surface area (Å²) in [5.74, 6) is -2.23. The van der Waals surface area contributed by atoms with Gasteiger partial charge >= 0.3 is 0 Å². The zero-order valence-electron chi connectivity index (χ0n) is 16.0. The molecule has 3 amide bonds. The van der Waals surface area contributed by atoms with Crippen LogP contribution in [0.2, 0.25) is 0 Å². The summed E-state index contributed by atoms with van der Waals surface area (Å²) in [6.45, 7) is 0. The topological polar surface area (TPSA) is 99.3 Å². The Morgan fingerprint density at radius 2 is 1.29 bits per heavy atom. The first-order valence-electron chi connectivity index (χ1n) is 9.06. The van der Waals surface area contributed by atoms with E-state index in [1.165, 1.54) is 30.3 Å². The second-order valence-electron chi connectivity index (χ2n) is 6.24. The van der Waals surface area contributed by atoms with Crippen LogP contribution in [0.25, 0.3) is 0 Å². The highest BCUT2D eigenvalue weighted by Gasteiger charge is 2.13. The van der Waals surface area contributed by atoms with Gasteiger partial charge in [0.05, 0.1) is 5.56 Å². The first-order valence-corrected chi connectivity index (χ1v) is 9.47. The van der Waals surface area contributed by atoms with E-state index >= 15 is 0 Å². The van der Waals surface area contributed by atoms with Crippen LogP contribution >= 0.6 is 12.2 Å². The Hall–Kier alpha value is -4.11. The molecule has 3 rings (SSSR count). The van der Waals surface area contributed by atoms with Crippen molar-refractivity contribution in [3.63, 3.8) is 0 Å². The number of hydrogen-bond donors (Lipinski definition) is 4. The van der Waals surface area contributed by atoms with Crippen molar-refractivity contribution in [1.29, 1.82) is 0 Å². The Bertz CT molecular complexity index is 1120. The van der Waals surface area contributed by atoms with E-state index in [1.54, 1.807) is 36.4 Å². The molecule has 0 aliphatic carbocycles. The van der Waals surface area contributed by atoms with E-state index in [4.69, 9.17) is 12.2 Å². The Kier molecular flexibility index (Phi) is 7.02. The van der Waals surface area contributed by atoms with E-state index in [1.807, 2.05) is 6.07 Å². The molecule has 0 unspecified atom stereocenters. The number of anilines is 1. The van der Waals surface area contributed by atoms with Gasteiger partial charge in [-0.2, -0.15) is 0 Å². The normalized spacial score (nSPS) is 9.97. The molecule has 3 aromatic rings. The maximum absolute atomic E-state index is 13.6. The van der Waals surface area contributed by atoms with Gasteiger partial charge in [-0.1, -0.05) is 30.3 Å². The minimum atomic E-state index is -0.747. The highest BCUT2D eigenvalue weighted by Crippen LogP contribution is 2.11.